The Bertz CT molecular complexity index is 554. The lowest BCUT2D eigenvalue weighted by atomic mass is 10.1. The maximum absolute atomic E-state index is 11.0. The highest BCUT2D eigenvalue weighted by atomic mass is 35.5. The molecule has 0 N–H and O–H groups in total. The Morgan fingerprint density at radius 2 is 1.78 bits per heavy atom. The number of carbonyl (C=O) groups is 1. The first kappa shape index (κ1) is 12.7. The molecule has 0 radical (unpaired) electrons. The number of halogens is 1. The lowest BCUT2D eigenvalue weighted by Gasteiger charge is -2.21. The fraction of sp³-hybridized carbons (Fsp3) is 0.133. The van der Waals surface area contributed by atoms with Crippen molar-refractivity contribution < 1.29 is 4.79 Å². The van der Waals surface area contributed by atoms with E-state index >= 15 is 0 Å². The van der Waals surface area contributed by atoms with Crippen LogP contribution >= 0.6 is 11.6 Å². The molecule has 2 aromatic rings. The van der Waals surface area contributed by atoms with E-state index in [1.165, 1.54) is 0 Å². The molecule has 0 saturated heterocycles. The van der Waals surface area contributed by atoms with Gasteiger partial charge in [0.05, 0.1) is 0 Å². The Hall–Kier alpha value is -1.80. The van der Waals surface area contributed by atoms with Crippen LogP contribution in [0.25, 0.3) is 0 Å². The van der Waals surface area contributed by atoms with Crippen molar-refractivity contribution in [2.45, 2.75) is 6.54 Å². The highest BCUT2D eigenvalue weighted by Gasteiger charge is 2.08. The average Bonchev–Trinajstić information content (AvgIpc) is 2.41. The second-order valence-corrected chi connectivity index (χ2v) is 4.53. The van der Waals surface area contributed by atoms with Gasteiger partial charge >= 0.3 is 0 Å². The minimum atomic E-state index is 0.671. The topological polar surface area (TPSA) is 20.3 Å². The highest BCUT2D eigenvalue weighted by molar-refractivity contribution is 6.31. The van der Waals surface area contributed by atoms with Crippen LogP contribution in [0.2, 0.25) is 5.02 Å². The zero-order valence-electron chi connectivity index (χ0n) is 10.1. The molecule has 0 amide bonds. The summed E-state index contributed by atoms with van der Waals surface area (Å²) in [5, 5.41) is 0.743. The van der Waals surface area contributed by atoms with E-state index in [1.54, 1.807) is 0 Å². The van der Waals surface area contributed by atoms with Crippen molar-refractivity contribution >= 4 is 23.6 Å². The third-order valence-electron chi connectivity index (χ3n) is 2.84. The molecule has 2 aromatic carbocycles. The molecule has 0 aromatic heterocycles. The van der Waals surface area contributed by atoms with Gasteiger partial charge in [-0.15, -0.1) is 0 Å². The van der Waals surface area contributed by atoms with Crippen LogP contribution in [0, 0.1) is 0 Å². The summed E-state index contributed by atoms with van der Waals surface area (Å²) >= 11 is 6.13. The molecule has 0 aliphatic rings. The van der Waals surface area contributed by atoms with Gasteiger partial charge in [0.25, 0.3) is 0 Å². The van der Waals surface area contributed by atoms with Crippen LogP contribution < -0.4 is 4.90 Å². The Labute approximate surface area is 112 Å². The molecule has 0 atom stereocenters. The summed E-state index contributed by atoms with van der Waals surface area (Å²) in [4.78, 5) is 13.0. The SMILES string of the molecule is CN(Cc1ccccc1Cl)c1ccccc1C=O. The summed E-state index contributed by atoms with van der Waals surface area (Å²) in [6, 6.07) is 15.2. The third kappa shape index (κ3) is 2.71. The molecule has 0 heterocycles. The van der Waals surface area contributed by atoms with Gasteiger partial charge in [-0.1, -0.05) is 41.9 Å². The van der Waals surface area contributed by atoms with Gasteiger partial charge in [0.15, 0.2) is 6.29 Å². The summed E-state index contributed by atoms with van der Waals surface area (Å²) in [5.41, 5.74) is 2.64. The van der Waals surface area contributed by atoms with Gasteiger partial charge in [-0.05, 0) is 23.8 Å². The number of benzene rings is 2. The molecular formula is C15H14ClNO. The summed E-state index contributed by atoms with van der Waals surface area (Å²) in [7, 11) is 1.95. The monoisotopic (exact) mass is 259 g/mol. The lowest BCUT2D eigenvalue weighted by molar-refractivity contribution is 0.112. The first-order valence-corrected chi connectivity index (χ1v) is 6.09. The molecule has 0 aliphatic heterocycles. The quantitative estimate of drug-likeness (QED) is 0.779. The van der Waals surface area contributed by atoms with Gasteiger partial charge < -0.3 is 4.90 Å². The fourth-order valence-corrected chi connectivity index (χ4v) is 2.10. The van der Waals surface area contributed by atoms with E-state index in [0.717, 1.165) is 22.6 Å². The molecule has 0 aliphatic carbocycles. The van der Waals surface area contributed by atoms with Crippen molar-refractivity contribution in [3.05, 3.63) is 64.7 Å². The number of anilines is 1. The van der Waals surface area contributed by atoms with Gasteiger partial charge in [-0.25, -0.2) is 0 Å². The largest absolute Gasteiger partial charge is 0.370 e. The first-order valence-electron chi connectivity index (χ1n) is 5.71. The summed E-state index contributed by atoms with van der Waals surface area (Å²) < 4.78 is 0. The number of nitrogens with zero attached hydrogens (tertiary/aromatic N) is 1. The van der Waals surface area contributed by atoms with E-state index in [0.29, 0.717) is 12.1 Å². The number of hydrogen-bond acceptors (Lipinski definition) is 2. The number of carbonyl (C=O) groups excluding carboxylic acids is 1. The lowest BCUT2D eigenvalue weighted by Crippen LogP contribution is -2.18. The molecule has 18 heavy (non-hydrogen) atoms. The van der Waals surface area contributed by atoms with Gasteiger partial charge in [0.1, 0.15) is 0 Å². The number of rotatable bonds is 4. The van der Waals surface area contributed by atoms with Gasteiger partial charge in [-0.3, -0.25) is 4.79 Å². The van der Waals surface area contributed by atoms with Crippen LogP contribution in [-0.4, -0.2) is 13.3 Å². The van der Waals surface area contributed by atoms with E-state index in [9.17, 15) is 4.79 Å². The number of aldehydes is 1. The van der Waals surface area contributed by atoms with Crippen LogP contribution in [0.1, 0.15) is 15.9 Å². The van der Waals surface area contributed by atoms with Crippen molar-refractivity contribution in [1.29, 1.82) is 0 Å². The van der Waals surface area contributed by atoms with Crippen LogP contribution in [-0.2, 0) is 6.54 Å². The van der Waals surface area contributed by atoms with E-state index < -0.39 is 0 Å². The van der Waals surface area contributed by atoms with Crippen LogP contribution in [0.5, 0.6) is 0 Å². The molecule has 0 bridgehead atoms. The fourth-order valence-electron chi connectivity index (χ4n) is 1.90. The Morgan fingerprint density at radius 3 is 2.50 bits per heavy atom. The Kier molecular flexibility index (Phi) is 4.00. The maximum atomic E-state index is 11.0. The van der Waals surface area contributed by atoms with Gasteiger partial charge in [0, 0.05) is 29.9 Å². The first-order chi connectivity index (χ1) is 8.72. The van der Waals surface area contributed by atoms with E-state index in [2.05, 4.69) is 0 Å². The molecular weight excluding hydrogens is 246 g/mol. The summed E-state index contributed by atoms with van der Waals surface area (Å²) in [6.45, 7) is 0.671. The predicted molar refractivity (Wildman–Crippen MR) is 75.4 cm³/mol. The molecule has 0 fully saturated rings. The standard InChI is InChI=1S/C15H14ClNO/c1-17(10-12-6-2-4-8-14(12)16)15-9-5-3-7-13(15)11-18/h2-9,11H,10H2,1H3. The average molecular weight is 260 g/mol. The smallest absolute Gasteiger partial charge is 0.152 e. The van der Waals surface area contributed by atoms with E-state index in [-0.39, 0.29) is 0 Å². The molecule has 0 spiro atoms. The Morgan fingerprint density at radius 1 is 1.11 bits per heavy atom. The summed E-state index contributed by atoms with van der Waals surface area (Å²) in [5.74, 6) is 0. The van der Waals surface area contributed by atoms with Crippen molar-refractivity contribution in [2.24, 2.45) is 0 Å². The minimum absolute atomic E-state index is 0.671. The third-order valence-corrected chi connectivity index (χ3v) is 3.21. The molecule has 2 nitrogen and oxygen atoms in total. The predicted octanol–water partition coefficient (Wildman–Crippen LogP) is 3.79. The van der Waals surface area contributed by atoms with Gasteiger partial charge in [0.2, 0.25) is 0 Å². The zero-order chi connectivity index (χ0) is 13.0. The molecule has 3 heteroatoms. The second-order valence-electron chi connectivity index (χ2n) is 4.12. The van der Waals surface area contributed by atoms with Crippen molar-refractivity contribution in [3.63, 3.8) is 0 Å². The highest BCUT2D eigenvalue weighted by Crippen LogP contribution is 2.22. The van der Waals surface area contributed by atoms with Gasteiger partial charge in [-0.2, -0.15) is 0 Å². The molecule has 0 saturated carbocycles. The second kappa shape index (κ2) is 5.69. The van der Waals surface area contributed by atoms with E-state index in [4.69, 9.17) is 11.6 Å². The van der Waals surface area contributed by atoms with Crippen LogP contribution in [0.3, 0.4) is 0 Å². The number of hydrogen-bond donors (Lipinski definition) is 0. The van der Waals surface area contributed by atoms with Crippen LogP contribution in [0.4, 0.5) is 5.69 Å². The summed E-state index contributed by atoms with van der Waals surface area (Å²) in [6.07, 6.45) is 0.873. The minimum Gasteiger partial charge on any atom is -0.370 e. The van der Waals surface area contributed by atoms with Crippen molar-refractivity contribution in [3.8, 4) is 0 Å². The molecule has 0 unspecified atom stereocenters. The van der Waals surface area contributed by atoms with E-state index in [1.807, 2.05) is 60.5 Å². The Balaban J connectivity index is 2.25. The van der Waals surface area contributed by atoms with Crippen molar-refractivity contribution in [1.82, 2.24) is 0 Å². The zero-order valence-corrected chi connectivity index (χ0v) is 10.9. The molecule has 92 valence electrons. The van der Waals surface area contributed by atoms with Crippen LogP contribution in [0.15, 0.2) is 48.5 Å². The normalized spacial score (nSPS) is 10.1. The maximum Gasteiger partial charge on any atom is 0.152 e. The number of para-hydroxylation sites is 1. The van der Waals surface area contributed by atoms with Crippen molar-refractivity contribution in [2.75, 3.05) is 11.9 Å². The molecule has 2 rings (SSSR count).